The quantitative estimate of drug-likeness (QED) is 0.382. The van der Waals surface area contributed by atoms with Gasteiger partial charge in [-0.25, -0.2) is 13.2 Å². The zero-order valence-electron chi connectivity index (χ0n) is 22.3. The lowest BCUT2D eigenvalue weighted by atomic mass is 9.76. The number of fused-ring (bicyclic) bond motifs is 1. The Balaban J connectivity index is 1.20. The Morgan fingerprint density at radius 3 is 2.49 bits per heavy atom. The van der Waals surface area contributed by atoms with Crippen LogP contribution in [-0.2, 0) is 43.6 Å². The maximum absolute atomic E-state index is 13.0. The molecule has 0 unspecified atom stereocenters. The average Bonchev–Trinajstić information content (AvgIpc) is 3.24. The standard InChI is InChI=1S/C27H36N4O7S/c1-2-22-24-23(18-27(19-28-25(24)32)8-14-36-15-9-27)31(29-22)10-3-13-38-26(33)20-4-6-21(7-5-20)39(34,35)30-11-16-37-17-12-30/h4-7H,2-3,8-19H2,1H3,(H,28,32). The van der Waals surface area contributed by atoms with Gasteiger partial charge in [-0.2, -0.15) is 9.40 Å². The first-order valence-corrected chi connectivity index (χ1v) is 15.1. The molecule has 2 fully saturated rings. The summed E-state index contributed by atoms with van der Waals surface area (Å²) in [4.78, 5) is 25.7. The zero-order chi connectivity index (χ0) is 27.5. The number of morpholine rings is 1. The molecule has 0 saturated carbocycles. The largest absolute Gasteiger partial charge is 0.462 e. The first-order chi connectivity index (χ1) is 18.8. The fourth-order valence-electron chi connectivity index (χ4n) is 5.52. The van der Waals surface area contributed by atoms with Crippen LogP contribution in [0.25, 0.3) is 0 Å². The lowest BCUT2D eigenvalue weighted by Crippen LogP contribution is -2.40. The molecular weight excluding hydrogens is 524 g/mol. The summed E-state index contributed by atoms with van der Waals surface area (Å²) in [7, 11) is -3.62. The van der Waals surface area contributed by atoms with Crippen LogP contribution in [0, 0.1) is 5.41 Å². The van der Waals surface area contributed by atoms with Gasteiger partial charge in [0.2, 0.25) is 10.0 Å². The summed E-state index contributed by atoms with van der Waals surface area (Å²) in [5.41, 5.74) is 2.68. The third kappa shape index (κ3) is 5.88. The summed E-state index contributed by atoms with van der Waals surface area (Å²) in [6.07, 6.45) is 3.74. The molecule has 39 heavy (non-hydrogen) atoms. The molecule has 0 radical (unpaired) electrons. The van der Waals surface area contributed by atoms with Gasteiger partial charge in [0.05, 0.1) is 47.2 Å². The van der Waals surface area contributed by atoms with Crippen LogP contribution in [0.2, 0.25) is 0 Å². The number of carbonyl (C=O) groups is 2. The van der Waals surface area contributed by atoms with Crippen LogP contribution in [0.1, 0.15) is 58.3 Å². The normalized spacial score (nSPS) is 19.8. The monoisotopic (exact) mass is 560 g/mol. The highest BCUT2D eigenvalue weighted by Crippen LogP contribution is 2.37. The van der Waals surface area contributed by atoms with Gasteiger partial charge in [-0.3, -0.25) is 9.48 Å². The molecule has 0 atom stereocenters. The Morgan fingerprint density at radius 2 is 1.79 bits per heavy atom. The van der Waals surface area contributed by atoms with Crippen LogP contribution in [0.5, 0.6) is 0 Å². The van der Waals surface area contributed by atoms with E-state index in [-0.39, 0.29) is 28.4 Å². The minimum Gasteiger partial charge on any atom is -0.462 e. The third-order valence-corrected chi connectivity index (χ3v) is 9.77. The van der Waals surface area contributed by atoms with Gasteiger partial charge in [0.15, 0.2) is 0 Å². The molecule has 11 nitrogen and oxygen atoms in total. The van der Waals surface area contributed by atoms with E-state index >= 15 is 0 Å². The molecule has 3 aliphatic heterocycles. The molecule has 1 spiro atoms. The van der Waals surface area contributed by atoms with Crippen LogP contribution in [0.4, 0.5) is 0 Å². The Morgan fingerprint density at radius 1 is 1.10 bits per heavy atom. The van der Waals surface area contributed by atoms with Crippen LogP contribution in [0.15, 0.2) is 29.2 Å². The van der Waals surface area contributed by atoms with Gasteiger partial charge in [-0.1, -0.05) is 6.92 Å². The number of ether oxygens (including phenoxy) is 3. The lowest BCUT2D eigenvalue weighted by Gasteiger charge is -2.36. The Labute approximate surface area is 228 Å². The van der Waals surface area contributed by atoms with Crippen molar-refractivity contribution in [1.82, 2.24) is 19.4 Å². The van der Waals surface area contributed by atoms with Crippen LogP contribution < -0.4 is 5.32 Å². The van der Waals surface area contributed by atoms with Crippen molar-refractivity contribution in [3.8, 4) is 0 Å². The highest BCUT2D eigenvalue weighted by molar-refractivity contribution is 7.89. The summed E-state index contributed by atoms with van der Waals surface area (Å²) < 4.78 is 45.2. The maximum Gasteiger partial charge on any atom is 0.338 e. The number of amides is 1. The average molecular weight is 561 g/mol. The summed E-state index contributed by atoms with van der Waals surface area (Å²) in [5.74, 6) is -0.582. The second-order valence-electron chi connectivity index (χ2n) is 10.3. The molecule has 1 N–H and O–H groups in total. The van der Waals surface area contributed by atoms with E-state index in [1.165, 1.54) is 28.6 Å². The van der Waals surface area contributed by atoms with Gasteiger partial charge in [-0.15, -0.1) is 0 Å². The predicted octanol–water partition coefficient (Wildman–Crippen LogP) is 1.80. The van der Waals surface area contributed by atoms with Gasteiger partial charge in [0.1, 0.15) is 0 Å². The smallest absolute Gasteiger partial charge is 0.338 e. The molecule has 4 heterocycles. The molecule has 1 aromatic carbocycles. The van der Waals surface area contributed by atoms with Crippen molar-refractivity contribution in [1.29, 1.82) is 0 Å². The number of nitrogens with zero attached hydrogens (tertiary/aromatic N) is 3. The minimum absolute atomic E-state index is 0.0319. The number of nitrogens with one attached hydrogen (secondary N) is 1. The molecule has 5 rings (SSSR count). The predicted molar refractivity (Wildman–Crippen MR) is 141 cm³/mol. The maximum atomic E-state index is 13.0. The van der Waals surface area contributed by atoms with Crippen molar-refractivity contribution < 1.29 is 32.2 Å². The molecule has 0 aliphatic carbocycles. The molecule has 3 aliphatic rings. The number of aromatic nitrogens is 2. The van der Waals surface area contributed by atoms with Crippen molar-refractivity contribution in [2.45, 2.75) is 50.5 Å². The van der Waals surface area contributed by atoms with Gasteiger partial charge in [0, 0.05) is 45.8 Å². The minimum atomic E-state index is -3.62. The molecule has 212 valence electrons. The van der Waals surface area contributed by atoms with E-state index in [0.29, 0.717) is 71.0 Å². The molecule has 12 heteroatoms. The molecule has 1 aromatic heterocycles. The highest BCUT2D eigenvalue weighted by Gasteiger charge is 2.39. The Kier molecular flexibility index (Phi) is 8.36. The van der Waals surface area contributed by atoms with E-state index in [0.717, 1.165) is 30.7 Å². The lowest BCUT2D eigenvalue weighted by molar-refractivity contribution is 0.0152. The number of hydrogen-bond acceptors (Lipinski definition) is 8. The third-order valence-electron chi connectivity index (χ3n) is 7.86. The second kappa shape index (κ2) is 11.7. The fraction of sp³-hybridized carbons (Fsp3) is 0.593. The molecule has 1 amide bonds. The van der Waals surface area contributed by atoms with Gasteiger partial charge < -0.3 is 19.5 Å². The second-order valence-corrected chi connectivity index (χ2v) is 12.3. The molecule has 0 bridgehead atoms. The molecule has 2 aromatic rings. The van der Waals surface area contributed by atoms with Crippen LogP contribution in [0.3, 0.4) is 0 Å². The number of hydrogen-bond donors (Lipinski definition) is 1. The van der Waals surface area contributed by atoms with Crippen LogP contribution >= 0.6 is 0 Å². The SMILES string of the molecule is CCc1nn(CCCOC(=O)c2ccc(S(=O)(=O)N3CCOCC3)cc2)c2c1C(=O)NCC1(CCOCC1)C2. The van der Waals surface area contributed by atoms with Crippen molar-refractivity contribution >= 4 is 21.9 Å². The van der Waals surface area contributed by atoms with E-state index in [2.05, 4.69) is 5.32 Å². The van der Waals surface area contributed by atoms with E-state index < -0.39 is 16.0 Å². The molecular formula is C27H36N4O7S. The van der Waals surface area contributed by atoms with E-state index in [4.69, 9.17) is 19.3 Å². The fourth-order valence-corrected chi connectivity index (χ4v) is 6.93. The van der Waals surface area contributed by atoms with Gasteiger partial charge in [0.25, 0.3) is 5.91 Å². The topological polar surface area (TPSA) is 129 Å². The first kappa shape index (κ1) is 27.8. The molecule has 2 saturated heterocycles. The van der Waals surface area contributed by atoms with Crippen LogP contribution in [-0.4, -0.2) is 87.0 Å². The van der Waals surface area contributed by atoms with E-state index in [1.54, 1.807) is 0 Å². The number of esters is 1. The van der Waals surface area contributed by atoms with Crippen molar-refractivity contribution in [2.75, 3.05) is 52.7 Å². The Bertz CT molecular complexity index is 1290. The summed E-state index contributed by atoms with van der Waals surface area (Å²) in [5, 5.41) is 7.86. The van der Waals surface area contributed by atoms with Crippen molar-refractivity contribution in [3.05, 3.63) is 46.8 Å². The van der Waals surface area contributed by atoms with Gasteiger partial charge >= 0.3 is 5.97 Å². The summed E-state index contributed by atoms with van der Waals surface area (Å²) in [6.45, 7) is 6.07. The summed E-state index contributed by atoms with van der Waals surface area (Å²) >= 11 is 0. The summed E-state index contributed by atoms with van der Waals surface area (Å²) in [6, 6.07) is 5.82. The van der Waals surface area contributed by atoms with E-state index in [1.807, 2.05) is 11.6 Å². The number of sulfonamides is 1. The number of carbonyl (C=O) groups excluding carboxylic acids is 2. The van der Waals surface area contributed by atoms with E-state index in [9.17, 15) is 18.0 Å². The number of aryl methyl sites for hydroxylation is 2. The van der Waals surface area contributed by atoms with Gasteiger partial charge in [-0.05, 0) is 55.4 Å². The first-order valence-electron chi connectivity index (χ1n) is 13.6. The number of rotatable bonds is 8. The highest BCUT2D eigenvalue weighted by atomic mass is 32.2. The number of benzene rings is 1. The zero-order valence-corrected chi connectivity index (χ0v) is 23.1. The van der Waals surface area contributed by atoms with Crippen molar-refractivity contribution in [2.24, 2.45) is 5.41 Å². The Hall–Kier alpha value is -2.80. The van der Waals surface area contributed by atoms with Crippen molar-refractivity contribution in [3.63, 3.8) is 0 Å².